The van der Waals surface area contributed by atoms with Gasteiger partial charge in [0, 0.05) is 29.8 Å². The van der Waals surface area contributed by atoms with E-state index in [0.29, 0.717) is 29.9 Å². The second-order valence-electron chi connectivity index (χ2n) is 5.79. The Labute approximate surface area is 137 Å². The van der Waals surface area contributed by atoms with Crippen LogP contribution in [0.15, 0.2) is 47.5 Å². The Bertz CT molecular complexity index is 892. The van der Waals surface area contributed by atoms with Gasteiger partial charge in [0.15, 0.2) is 6.17 Å². The number of aliphatic imine (C=N–C) groups is 1. The third kappa shape index (κ3) is 2.10. The molecule has 2 aliphatic heterocycles. The summed E-state index contributed by atoms with van der Waals surface area (Å²) in [7, 11) is 0. The van der Waals surface area contributed by atoms with Gasteiger partial charge in [-0.1, -0.05) is 30.3 Å². The van der Waals surface area contributed by atoms with Gasteiger partial charge in [0.05, 0.1) is 16.3 Å². The van der Waals surface area contributed by atoms with Crippen molar-refractivity contribution >= 4 is 23.0 Å². The highest BCUT2D eigenvalue weighted by Crippen LogP contribution is 2.38. The molecule has 2 aliphatic rings. The number of carbonyl (C=O) groups excluding carboxylic acids is 1. The first-order chi connectivity index (χ1) is 11.6. The Balaban J connectivity index is 2.03. The zero-order valence-corrected chi connectivity index (χ0v) is 12.7. The lowest BCUT2D eigenvalue weighted by Gasteiger charge is -2.18. The Kier molecular flexibility index (Phi) is 3.17. The summed E-state index contributed by atoms with van der Waals surface area (Å²) in [6, 6.07) is 12.3. The first kappa shape index (κ1) is 14.5. The van der Waals surface area contributed by atoms with E-state index in [0.717, 1.165) is 11.1 Å². The number of nitrogens with two attached hydrogens (primary N) is 1. The number of non-ortho nitro benzene ring substituents is 1. The zero-order chi connectivity index (χ0) is 16.8. The standard InChI is InChI=1S/C17H14N4O3/c18-16-17(22)20-7-6-11-8-12(21(23)24)9-13(15(11)20)14(19-16)10-4-2-1-3-5-10/h1-5,8-9,16H,6-7,18H2/t16-/m1/s1. The van der Waals surface area contributed by atoms with Crippen LogP contribution in [0.3, 0.4) is 0 Å². The molecular formula is C17H14N4O3. The molecule has 7 nitrogen and oxygen atoms in total. The van der Waals surface area contributed by atoms with E-state index in [2.05, 4.69) is 4.99 Å². The van der Waals surface area contributed by atoms with E-state index in [4.69, 9.17) is 5.73 Å². The Morgan fingerprint density at radius 3 is 2.71 bits per heavy atom. The summed E-state index contributed by atoms with van der Waals surface area (Å²) in [5.74, 6) is -0.283. The molecule has 0 saturated heterocycles. The lowest BCUT2D eigenvalue weighted by Crippen LogP contribution is -2.41. The van der Waals surface area contributed by atoms with Gasteiger partial charge in [0.1, 0.15) is 0 Å². The second-order valence-corrected chi connectivity index (χ2v) is 5.79. The number of carbonyl (C=O) groups is 1. The number of amides is 1. The van der Waals surface area contributed by atoms with E-state index in [1.165, 1.54) is 12.1 Å². The monoisotopic (exact) mass is 322 g/mol. The lowest BCUT2D eigenvalue weighted by atomic mass is 9.97. The molecule has 24 heavy (non-hydrogen) atoms. The number of hydrogen-bond acceptors (Lipinski definition) is 5. The fraction of sp³-hybridized carbons (Fsp3) is 0.176. The van der Waals surface area contributed by atoms with E-state index < -0.39 is 11.1 Å². The highest BCUT2D eigenvalue weighted by molar-refractivity contribution is 6.21. The van der Waals surface area contributed by atoms with Crippen LogP contribution in [0.4, 0.5) is 11.4 Å². The predicted octanol–water partition coefficient (Wildman–Crippen LogP) is 1.62. The minimum atomic E-state index is -1.02. The number of hydrogen-bond donors (Lipinski definition) is 1. The van der Waals surface area contributed by atoms with Crippen molar-refractivity contribution in [1.29, 1.82) is 0 Å². The van der Waals surface area contributed by atoms with Gasteiger partial charge >= 0.3 is 0 Å². The average molecular weight is 322 g/mol. The van der Waals surface area contributed by atoms with Gasteiger partial charge in [-0.05, 0) is 12.0 Å². The molecule has 0 aliphatic carbocycles. The third-order valence-electron chi connectivity index (χ3n) is 4.35. The number of benzene rings is 2. The maximum absolute atomic E-state index is 12.5. The minimum absolute atomic E-state index is 0.00264. The first-order valence-electron chi connectivity index (χ1n) is 7.58. The van der Waals surface area contributed by atoms with E-state index in [1.54, 1.807) is 4.90 Å². The molecule has 7 heteroatoms. The second kappa shape index (κ2) is 5.24. The summed E-state index contributed by atoms with van der Waals surface area (Å²) in [4.78, 5) is 29.4. The van der Waals surface area contributed by atoms with Crippen molar-refractivity contribution in [3.05, 3.63) is 69.3 Å². The number of nitrogens with zero attached hydrogens (tertiary/aromatic N) is 3. The van der Waals surface area contributed by atoms with Crippen LogP contribution >= 0.6 is 0 Å². The number of nitro groups is 1. The lowest BCUT2D eigenvalue weighted by molar-refractivity contribution is -0.384. The molecule has 2 aromatic carbocycles. The van der Waals surface area contributed by atoms with Crippen LogP contribution in [0.25, 0.3) is 0 Å². The zero-order valence-electron chi connectivity index (χ0n) is 12.7. The molecule has 0 radical (unpaired) electrons. The SMILES string of the molecule is N[C@@H]1N=C(c2ccccc2)c2cc([N+](=O)[O-])cc3c2N(CC3)C1=O. The van der Waals surface area contributed by atoms with Gasteiger partial charge in [-0.15, -0.1) is 0 Å². The van der Waals surface area contributed by atoms with Crippen LogP contribution < -0.4 is 10.6 Å². The van der Waals surface area contributed by atoms with Crippen molar-refractivity contribution in [3.63, 3.8) is 0 Å². The summed E-state index contributed by atoms with van der Waals surface area (Å²) >= 11 is 0. The average Bonchev–Trinajstić information content (AvgIpc) is 2.98. The van der Waals surface area contributed by atoms with Gasteiger partial charge in [-0.2, -0.15) is 0 Å². The number of anilines is 1. The summed E-state index contributed by atoms with van der Waals surface area (Å²) in [6.07, 6.45) is -0.442. The van der Waals surface area contributed by atoms with Crippen molar-refractivity contribution in [2.45, 2.75) is 12.6 Å². The van der Waals surface area contributed by atoms with Crippen LogP contribution in [-0.2, 0) is 11.2 Å². The molecule has 2 heterocycles. The maximum atomic E-state index is 12.5. The van der Waals surface area contributed by atoms with E-state index in [-0.39, 0.29) is 11.6 Å². The molecule has 0 saturated carbocycles. The van der Waals surface area contributed by atoms with Gasteiger partial charge in [-0.25, -0.2) is 0 Å². The molecule has 2 aromatic rings. The molecular weight excluding hydrogens is 308 g/mol. The summed E-state index contributed by atoms with van der Waals surface area (Å²) in [5.41, 5.74) is 9.31. The quantitative estimate of drug-likeness (QED) is 0.670. The minimum Gasteiger partial charge on any atom is -0.308 e. The first-order valence-corrected chi connectivity index (χ1v) is 7.58. The Morgan fingerprint density at radius 1 is 1.25 bits per heavy atom. The molecule has 1 amide bonds. The fourth-order valence-electron chi connectivity index (χ4n) is 3.29. The highest BCUT2D eigenvalue weighted by atomic mass is 16.6. The Hall–Kier alpha value is -3.06. The molecule has 0 unspecified atom stereocenters. The van der Waals surface area contributed by atoms with Gasteiger partial charge in [0.25, 0.3) is 11.6 Å². The molecule has 0 spiro atoms. The van der Waals surface area contributed by atoms with Crippen LogP contribution in [0, 0.1) is 10.1 Å². The van der Waals surface area contributed by atoms with Crippen LogP contribution in [0.2, 0.25) is 0 Å². The van der Waals surface area contributed by atoms with Crippen LogP contribution in [-0.4, -0.2) is 29.3 Å². The van der Waals surface area contributed by atoms with Gasteiger partial charge in [-0.3, -0.25) is 19.9 Å². The van der Waals surface area contributed by atoms with Crippen molar-refractivity contribution in [2.75, 3.05) is 11.4 Å². The van der Waals surface area contributed by atoms with E-state index in [9.17, 15) is 14.9 Å². The smallest absolute Gasteiger partial charge is 0.270 e. The molecule has 4 rings (SSSR count). The third-order valence-corrected chi connectivity index (χ3v) is 4.35. The van der Waals surface area contributed by atoms with Crippen LogP contribution in [0.1, 0.15) is 16.7 Å². The topological polar surface area (TPSA) is 102 Å². The molecule has 0 fully saturated rings. The predicted molar refractivity (Wildman–Crippen MR) is 89.2 cm³/mol. The van der Waals surface area contributed by atoms with Crippen molar-refractivity contribution < 1.29 is 9.72 Å². The van der Waals surface area contributed by atoms with Gasteiger partial charge in [0.2, 0.25) is 0 Å². The van der Waals surface area contributed by atoms with E-state index in [1.807, 2.05) is 30.3 Å². The van der Waals surface area contributed by atoms with Crippen molar-refractivity contribution in [1.82, 2.24) is 0 Å². The fourth-order valence-corrected chi connectivity index (χ4v) is 3.29. The summed E-state index contributed by atoms with van der Waals surface area (Å²) in [5, 5.41) is 11.3. The summed E-state index contributed by atoms with van der Waals surface area (Å²) < 4.78 is 0. The molecule has 0 aromatic heterocycles. The largest absolute Gasteiger partial charge is 0.308 e. The normalized spacial score (nSPS) is 18.9. The molecule has 2 N–H and O–H groups in total. The molecule has 0 bridgehead atoms. The number of nitro benzene ring substituents is 1. The molecule has 120 valence electrons. The summed E-state index contributed by atoms with van der Waals surface area (Å²) in [6.45, 7) is 0.466. The number of rotatable bonds is 2. The van der Waals surface area contributed by atoms with Gasteiger partial charge < -0.3 is 10.6 Å². The van der Waals surface area contributed by atoms with E-state index >= 15 is 0 Å². The molecule has 1 atom stereocenters. The van der Waals surface area contributed by atoms with Crippen molar-refractivity contribution in [3.8, 4) is 0 Å². The van der Waals surface area contributed by atoms with Crippen LogP contribution in [0.5, 0.6) is 0 Å². The van der Waals surface area contributed by atoms with Crippen molar-refractivity contribution in [2.24, 2.45) is 10.7 Å². The highest BCUT2D eigenvalue weighted by Gasteiger charge is 2.36. The maximum Gasteiger partial charge on any atom is 0.270 e. The Morgan fingerprint density at radius 2 is 2.00 bits per heavy atom.